The van der Waals surface area contributed by atoms with Gasteiger partial charge in [-0.25, -0.2) is 4.39 Å². The van der Waals surface area contributed by atoms with Crippen LogP contribution in [0.3, 0.4) is 0 Å². The molecule has 0 fully saturated rings. The van der Waals surface area contributed by atoms with Gasteiger partial charge < -0.3 is 5.32 Å². The minimum absolute atomic E-state index is 0.0295. The van der Waals surface area contributed by atoms with Gasteiger partial charge in [0.05, 0.1) is 0 Å². The number of aryl methyl sites for hydroxylation is 1. The second kappa shape index (κ2) is 5.26. The number of rotatable bonds is 3. The number of carbonyl (C=O) groups is 1. The van der Waals surface area contributed by atoms with E-state index in [0.717, 1.165) is 0 Å². The lowest BCUT2D eigenvalue weighted by Crippen LogP contribution is -2.33. The van der Waals surface area contributed by atoms with Gasteiger partial charge in [-0.15, -0.1) is 0 Å². The first-order chi connectivity index (χ1) is 7.04. The molecule has 1 rings (SSSR count). The van der Waals surface area contributed by atoms with E-state index in [-0.39, 0.29) is 17.8 Å². The van der Waals surface area contributed by atoms with E-state index >= 15 is 0 Å². The molecule has 15 heavy (non-hydrogen) atoms. The van der Waals surface area contributed by atoms with E-state index < -0.39 is 0 Å². The minimum atomic E-state index is -0.353. The van der Waals surface area contributed by atoms with Crippen LogP contribution in [0.1, 0.15) is 22.8 Å². The van der Waals surface area contributed by atoms with Crippen LogP contribution >= 0.6 is 15.9 Å². The van der Waals surface area contributed by atoms with E-state index in [1.54, 1.807) is 19.1 Å². The van der Waals surface area contributed by atoms with Crippen LogP contribution in [-0.2, 0) is 0 Å². The van der Waals surface area contributed by atoms with Gasteiger partial charge in [0.25, 0.3) is 5.91 Å². The van der Waals surface area contributed by atoms with Gasteiger partial charge in [0, 0.05) is 16.9 Å². The lowest BCUT2D eigenvalue weighted by Gasteiger charge is -2.10. The Morgan fingerprint density at radius 1 is 1.60 bits per heavy atom. The summed E-state index contributed by atoms with van der Waals surface area (Å²) in [5.74, 6) is -0.602. The number of halogens is 2. The van der Waals surface area contributed by atoms with Gasteiger partial charge >= 0.3 is 0 Å². The summed E-state index contributed by atoms with van der Waals surface area (Å²) in [4.78, 5) is 11.6. The topological polar surface area (TPSA) is 29.1 Å². The zero-order valence-corrected chi connectivity index (χ0v) is 10.3. The molecule has 0 aromatic heterocycles. The summed E-state index contributed by atoms with van der Waals surface area (Å²) in [6.07, 6.45) is 0. The van der Waals surface area contributed by atoms with Crippen LogP contribution in [-0.4, -0.2) is 17.3 Å². The molecule has 0 aliphatic heterocycles. The van der Waals surface area contributed by atoms with Gasteiger partial charge in [0.1, 0.15) is 5.82 Å². The second-order valence-electron chi connectivity index (χ2n) is 3.49. The molecule has 0 heterocycles. The van der Waals surface area contributed by atoms with Crippen molar-refractivity contribution in [1.29, 1.82) is 0 Å². The zero-order chi connectivity index (χ0) is 11.4. The number of amides is 1. The summed E-state index contributed by atoms with van der Waals surface area (Å²) >= 11 is 3.25. The Morgan fingerprint density at radius 3 is 2.80 bits per heavy atom. The quantitative estimate of drug-likeness (QED) is 0.843. The fourth-order valence-corrected chi connectivity index (χ4v) is 1.24. The lowest BCUT2D eigenvalue weighted by molar-refractivity contribution is 0.0943. The molecule has 1 N–H and O–H groups in total. The van der Waals surface area contributed by atoms with Crippen LogP contribution in [0.4, 0.5) is 4.39 Å². The molecule has 1 amide bonds. The van der Waals surface area contributed by atoms with Gasteiger partial charge in [0.2, 0.25) is 0 Å². The fourth-order valence-electron chi connectivity index (χ4n) is 1.08. The van der Waals surface area contributed by atoms with Crippen LogP contribution in [0.5, 0.6) is 0 Å². The third-order valence-electron chi connectivity index (χ3n) is 2.04. The van der Waals surface area contributed by atoms with E-state index in [9.17, 15) is 9.18 Å². The van der Waals surface area contributed by atoms with Gasteiger partial charge in [-0.3, -0.25) is 4.79 Å². The summed E-state index contributed by atoms with van der Waals surface area (Å²) in [6, 6.07) is 4.51. The Balaban J connectivity index is 2.78. The molecule has 82 valence electrons. The van der Waals surface area contributed by atoms with E-state index in [2.05, 4.69) is 21.2 Å². The van der Waals surface area contributed by atoms with Crippen molar-refractivity contribution in [3.05, 3.63) is 35.1 Å². The predicted molar refractivity (Wildman–Crippen MR) is 61.9 cm³/mol. The van der Waals surface area contributed by atoms with Crippen molar-refractivity contribution >= 4 is 21.8 Å². The van der Waals surface area contributed by atoms with Gasteiger partial charge in [-0.05, 0) is 31.5 Å². The van der Waals surface area contributed by atoms with Crippen LogP contribution in [0.25, 0.3) is 0 Å². The Kier molecular flexibility index (Phi) is 4.27. The van der Waals surface area contributed by atoms with Crippen molar-refractivity contribution in [2.75, 3.05) is 5.33 Å². The van der Waals surface area contributed by atoms with Crippen molar-refractivity contribution in [2.45, 2.75) is 19.9 Å². The third-order valence-corrected chi connectivity index (χ3v) is 3.01. The maximum Gasteiger partial charge on any atom is 0.251 e. The van der Waals surface area contributed by atoms with Gasteiger partial charge in [-0.2, -0.15) is 0 Å². The predicted octanol–water partition coefficient (Wildman–Crippen LogP) is 2.65. The Morgan fingerprint density at radius 2 is 2.27 bits per heavy atom. The molecule has 0 saturated heterocycles. The Hall–Kier alpha value is -0.900. The summed E-state index contributed by atoms with van der Waals surface area (Å²) < 4.78 is 13.2. The highest BCUT2D eigenvalue weighted by Gasteiger charge is 2.10. The third kappa shape index (κ3) is 3.30. The van der Waals surface area contributed by atoms with Crippen molar-refractivity contribution in [3.8, 4) is 0 Å². The van der Waals surface area contributed by atoms with Crippen LogP contribution < -0.4 is 5.32 Å². The average molecular weight is 274 g/mol. The van der Waals surface area contributed by atoms with Gasteiger partial charge in [-0.1, -0.05) is 22.0 Å². The highest BCUT2D eigenvalue weighted by molar-refractivity contribution is 9.09. The highest BCUT2D eigenvalue weighted by atomic mass is 79.9. The van der Waals surface area contributed by atoms with E-state index in [4.69, 9.17) is 0 Å². The van der Waals surface area contributed by atoms with Crippen molar-refractivity contribution in [1.82, 2.24) is 5.32 Å². The second-order valence-corrected chi connectivity index (χ2v) is 4.14. The number of nitrogens with one attached hydrogen (secondary N) is 1. The molecule has 1 unspecified atom stereocenters. The first-order valence-corrected chi connectivity index (χ1v) is 5.79. The zero-order valence-electron chi connectivity index (χ0n) is 8.68. The van der Waals surface area contributed by atoms with Crippen molar-refractivity contribution < 1.29 is 9.18 Å². The molecule has 1 atom stereocenters. The molecule has 0 aliphatic carbocycles. The molecular weight excluding hydrogens is 261 g/mol. The number of hydrogen-bond acceptors (Lipinski definition) is 1. The summed E-state index contributed by atoms with van der Waals surface area (Å²) in [5, 5.41) is 3.41. The standard InChI is InChI=1S/C11H13BrFNO/c1-7-3-4-9(5-10(7)13)11(15)14-8(2)6-12/h3-5,8H,6H2,1-2H3,(H,14,15). The van der Waals surface area contributed by atoms with E-state index in [1.165, 1.54) is 6.07 Å². The highest BCUT2D eigenvalue weighted by Crippen LogP contribution is 2.09. The van der Waals surface area contributed by atoms with E-state index in [0.29, 0.717) is 16.5 Å². The SMILES string of the molecule is Cc1ccc(C(=O)NC(C)CBr)cc1F. The lowest BCUT2D eigenvalue weighted by atomic mass is 10.1. The van der Waals surface area contributed by atoms with Crippen molar-refractivity contribution in [2.24, 2.45) is 0 Å². The molecule has 2 nitrogen and oxygen atoms in total. The average Bonchev–Trinajstić information content (AvgIpc) is 2.21. The van der Waals surface area contributed by atoms with E-state index in [1.807, 2.05) is 6.92 Å². The molecule has 1 aromatic carbocycles. The maximum absolute atomic E-state index is 13.2. The number of alkyl halides is 1. The number of carbonyl (C=O) groups excluding carboxylic acids is 1. The monoisotopic (exact) mass is 273 g/mol. The summed E-state index contributed by atoms with van der Waals surface area (Å²) in [6.45, 7) is 3.54. The Labute approximate surface area is 97.0 Å². The first kappa shape index (κ1) is 12.2. The van der Waals surface area contributed by atoms with Crippen LogP contribution in [0.2, 0.25) is 0 Å². The normalized spacial score (nSPS) is 12.3. The molecule has 0 bridgehead atoms. The maximum atomic E-state index is 13.2. The van der Waals surface area contributed by atoms with Crippen LogP contribution in [0.15, 0.2) is 18.2 Å². The van der Waals surface area contributed by atoms with Gasteiger partial charge in [0.15, 0.2) is 0 Å². The molecule has 0 aliphatic rings. The largest absolute Gasteiger partial charge is 0.349 e. The first-order valence-electron chi connectivity index (χ1n) is 4.67. The fraction of sp³-hybridized carbons (Fsp3) is 0.364. The molecular formula is C11H13BrFNO. The molecule has 0 spiro atoms. The summed E-state index contributed by atoms with van der Waals surface area (Å²) in [7, 11) is 0. The molecule has 0 saturated carbocycles. The summed E-state index contributed by atoms with van der Waals surface area (Å²) in [5.41, 5.74) is 0.894. The van der Waals surface area contributed by atoms with Crippen molar-refractivity contribution in [3.63, 3.8) is 0 Å². The molecule has 0 radical (unpaired) electrons. The van der Waals surface area contributed by atoms with Crippen LogP contribution in [0, 0.1) is 12.7 Å². The molecule has 4 heteroatoms. The number of benzene rings is 1. The Bertz CT molecular complexity index is 368. The number of hydrogen-bond donors (Lipinski definition) is 1. The molecule has 1 aromatic rings. The smallest absolute Gasteiger partial charge is 0.251 e. The minimum Gasteiger partial charge on any atom is -0.349 e.